The van der Waals surface area contributed by atoms with Crippen molar-refractivity contribution in [3.63, 3.8) is 0 Å². The van der Waals surface area contributed by atoms with Crippen molar-refractivity contribution in [1.82, 2.24) is 0 Å². The van der Waals surface area contributed by atoms with Gasteiger partial charge in [-0.3, -0.25) is 14.9 Å². The molecule has 1 aromatic carbocycles. The van der Waals surface area contributed by atoms with Crippen molar-refractivity contribution in [1.29, 1.82) is 0 Å². The lowest BCUT2D eigenvalue weighted by molar-refractivity contribution is -0.142. The van der Waals surface area contributed by atoms with Crippen LogP contribution in [0.25, 0.3) is 6.08 Å². The Morgan fingerprint density at radius 2 is 1.84 bits per heavy atom. The SMILES string of the molecule is CCOC(=O)c1c(NC(=O)COC(=O)/C=C/c2ccc3c(c2)OCO3)oc(C)c1C(C)=O. The molecular weight excluding hydrogens is 422 g/mol. The first-order valence-electron chi connectivity index (χ1n) is 9.66. The number of ether oxygens (including phenoxy) is 4. The number of fused-ring (bicyclic) bond motifs is 1. The second-order valence-corrected chi connectivity index (χ2v) is 6.62. The van der Waals surface area contributed by atoms with Crippen molar-refractivity contribution in [3.8, 4) is 11.5 Å². The fraction of sp³-hybridized carbons (Fsp3) is 0.273. The van der Waals surface area contributed by atoms with Crippen LogP contribution in [0.15, 0.2) is 28.7 Å². The normalized spacial score (nSPS) is 12.0. The summed E-state index contributed by atoms with van der Waals surface area (Å²) < 4.78 is 25.7. The Balaban J connectivity index is 1.61. The van der Waals surface area contributed by atoms with Crippen LogP contribution in [0.4, 0.5) is 5.88 Å². The maximum Gasteiger partial charge on any atom is 0.344 e. The molecule has 0 saturated heterocycles. The van der Waals surface area contributed by atoms with Gasteiger partial charge in [-0.15, -0.1) is 0 Å². The zero-order valence-corrected chi connectivity index (χ0v) is 17.7. The molecule has 168 valence electrons. The zero-order chi connectivity index (χ0) is 23.3. The van der Waals surface area contributed by atoms with Crippen LogP contribution < -0.4 is 14.8 Å². The first-order valence-corrected chi connectivity index (χ1v) is 9.66. The van der Waals surface area contributed by atoms with Crippen molar-refractivity contribution >= 4 is 35.6 Å². The monoisotopic (exact) mass is 443 g/mol. The molecule has 2 heterocycles. The van der Waals surface area contributed by atoms with Crippen LogP contribution in [0, 0.1) is 6.92 Å². The van der Waals surface area contributed by atoms with Crippen molar-refractivity contribution in [2.75, 3.05) is 25.3 Å². The number of ketones is 1. The van der Waals surface area contributed by atoms with Gasteiger partial charge in [-0.25, -0.2) is 9.59 Å². The molecule has 1 N–H and O–H groups in total. The number of nitrogens with one attached hydrogen (secondary N) is 1. The third-order valence-electron chi connectivity index (χ3n) is 4.32. The van der Waals surface area contributed by atoms with E-state index >= 15 is 0 Å². The number of carbonyl (C=O) groups is 4. The highest BCUT2D eigenvalue weighted by atomic mass is 16.7. The van der Waals surface area contributed by atoms with E-state index in [2.05, 4.69) is 5.32 Å². The van der Waals surface area contributed by atoms with Gasteiger partial charge in [-0.1, -0.05) is 6.07 Å². The van der Waals surface area contributed by atoms with Crippen LogP contribution >= 0.6 is 0 Å². The van der Waals surface area contributed by atoms with Gasteiger partial charge in [0.05, 0.1) is 12.2 Å². The van der Waals surface area contributed by atoms with E-state index in [1.807, 2.05) is 0 Å². The Hall–Kier alpha value is -4.08. The van der Waals surface area contributed by atoms with E-state index in [9.17, 15) is 19.2 Å². The maximum atomic E-state index is 12.2. The summed E-state index contributed by atoms with van der Waals surface area (Å²) in [7, 11) is 0. The molecule has 0 spiro atoms. The average molecular weight is 443 g/mol. The minimum atomic E-state index is -0.812. The van der Waals surface area contributed by atoms with Gasteiger partial charge in [0.25, 0.3) is 5.91 Å². The minimum Gasteiger partial charge on any atom is -0.462 e. The van der Waals surface area contributed by atoms with Crippen molar-refractivity contribution in [2.45, 2.75) is 20.8 Å². The lowest BCUT2D eigenvalue weighted by Gasteiger charge is -2.06. The fourth-order valence-corrected chi connectivity index (χ4v) is 2.98. The molecule has 1 amide bonds. The predicted octanol–water partition coefficient (Wildman–Crippen LogP) is 2.89. The molecule has 10 nitrogen and oxygen atoms in total. The molecule has 0 aliphatic carbocycles. The molecular formula is C22H21NO9. The Kier molecular flexibility index (Phi) is 6.93. The summed E-state index contributed by atoms with van der Waals surface area (Å²) in [6.45, 7) is 3.92. The summed E-state index contributed by atoms with van der Waals surface area (Å²) in [5.74, 6) is -1.67. The number of aryl methyl sites for hydroxylation is 1. The maximum absolute atomic E-state index is 12.2. The first kappa shape index (κ1) is 22.6. The molecule has 10 heteroatoms. The summed E-state index contributed by atoms with van der Waals surface area (Å²) >= 11 is 0. The van der Waals surface area contributed by atoms with E-state index in [1.54, 1.807) is 25.1 Å². The summed E-state index contributed by atoms with van der Waals surface area (Å²) in [5.41, 5.74) is 0.513. The van der Waals surface area contributed by atoms with Crippen LogP contribution in [-0.4, -0.2) is 43.6 Å². The van der Waals surface area contributed by atoms with Crippen LogP contribution in [-0.2, 0) is 19.1 Å². The summed E-state index contributed by atoms with van der Waals surface area (Å²) in [6, 6.07) is 5.14. The van der Waals surface area contributed by atoms with Gasteiger partial charge in [-0.05, 0) is 44.5 Å². The largest absolute Gasteiger partial charge is 0.462 e. The molecule has 3 rings (SSSR count). The van der Waals surface area contributed by atoms with Gasteiger partial charge >= 0.3 is 11.9 Å². The summed E-state index contributed by atoms with van der Waals surface area (Å²) in [4.78, 5) is 48.3. The van der Waals surface area contributed by atoms with Crippen molar-refractivity contribution < 1.29 is 42.5 Å². The standard InChI is InChI=1S/C22H21NO9/c1-4-28-22(27)20-19(12(2)24)13(3)32-21(20)23-17(25)10-29-18(26)8-6-14-5-7-15-16(9-14)31-11-30-15/h5-9H,4,10-11H2,1-3H3,(H,23,25)/b8-6+. The summed E-state index contributed by atoms with van der Waals surface area (Å²) in [5, 5.41) is 2.33. The van der Waals surface area contributed by atoms with Gasteiger partial charge in [0, 0.05) is 6.08 Å². The van der Waals surface area contributed by atoms with Crippen molar-refractivity contribution in [3.05, 3.63) is 46.7 Å². The molecule has 32 heavy (non-hydrogen) atoms. The first-order chi connectivity index (χ1) is 15.3. The van der Waals surface area contributed by atoms with Crippen LogP contribution in [0.3, 0.4) is 0 Å². The van der Waals surface area contributed by atoms with E-state index in [1.165, 1.54) is 19.9 Å². The lowest BCUT2D eigenvalue weighted by atomic mass is 10.1. The average Bonchev–Trinajstić information content (AvgIpc) is 3.34. The van der Waals surface area contributed by atoms with E-state index < -0.39 is 30.2 Å². The topological polar surface area (TPSA) is 130 Å². The van der Waals surface area contributed by atoms with Gasteiger partial charge in [0.2, 0.25) is 12.7 Å². The molecule has 0 saturated carbocycles. The molecule has 0 unspecified atom stereocenters. The van der Waals surface area contributed by atoms with Crippen LogP contribution in [0.5, 0.6) is 11.5 Å². The number of carbonyl (C=O) groups excluding carboxylic acids is 4. The number of Topliss-reactive ketones (excluding diaryl/α,β-unsaturated/α-hetero) is 1. The highest BCUT2D eigenvalue weighted by Gasteiger charge is 2.28. The molecule has 2 aromatic rings. The molecule has 0 radical (unpaired) electrons. The van der Waals surface area contributed by atoms with E-state index in [0.717, 1.165) is 6.08 Å². The molecule has 0 fully saturated rings. The number of rotatable bonds is 8. The molecule has 1 aromatic heterocycles. The van der Waals surface area contributed by atoms with Gasteiger partial charge < -0.3 is 23.4 Å². The fourth-order valence-electron chi connectivity index (χ4n) is 2.98. The number of hydrogen-bond acceptors (Lipinski definition) is 9. The number of esters is 2. The zero-order valence-electron chi connectivity index (χ0n) is 17.7. The lowest BCUT2D eigenvalue weighted by Crippen LogP contribution is -2.21. The minimum absolute atomic E-state index is 0.0161. The van der Waals surface area contributed by atoms with Gasteiger partial charge in [-0.2, -0.15) is 0 Å². The predicted molar refractivity (Wildman–Crippen MR) is 111 cm³/mol. The smallest absolute Gasteiger partial charge is 0.344 e. The van der Waals surface area contributed by atoms with E-state index in [0.29, 0.717) is 17.1 Å². The Labute approximate surface area is 183 Å². The number of hydrogen-bond donors (Lipinski definition) is 1. The van der Waals surface area contributed by atoms with Gasteiger partial charge in [0.1, 0.15) is 11.3 Å². The Morgan fingerprint density at radius 1 is 1.09 bits per heavy atom. The number of benzene rings is 1. The molecule has 0 bridgehead atoms. The number of furan rings is 1. The van der Waals surface area contributed by atoms with E-state index in [-0.39, 0.29) is 36.2 Å². The Morgan fingerprint density at radius 3 is 2.56 bits per heavy atom. The van der Waals surface area contributed by atoms with E-state index in [4.69, 9.17) is 23.4 Å². The summed E-state index contributed by atoms with van der Waals surface area (Å²) in [6.07, 6.45) is 2.65. The highest BCUT2D eigenvalue weighted by Crippen LogP contribution is 2.33. The third-order valence-corrected chi connectivity index (χ3v) is 4.32. The third kappa shape index (κ3) is 5.15. The Bertz CT molecular complexity index is 1100. The second-order valence-electron chi connectivity index (χ2n) is 6.62. The molecule has 1 aliphatic rings. The number of amides is 1. The number of anilines is 1. The molecule has 0 atom stereocenters. The molecule has 1 aliphatic heterocycles. The highest BCUT2D eigenvalue weighted by molar-refractivity contribution is 6.10. The van der Waals surface area contributed by atoms with Crippen molar-refractivity contribution in [2.24, 2.45) is 0 Å². The van der Waals surface area contributed by atoms with Crippen LogP contribution in [0.2, 0.25) is 0 Å². The quantitative estimate of drug-likeness (QED) is 0.372. The second kappa shape index (κ2) is 9.82. The van der Waals surface area contributed by atoms with Crippen LogP contribution in [0.1, 0.15) is 45.9 Å². The van der Waals surface area contributed by atoms with Gasteiger partial charge in [0.15, 0.2) is 23.9 Å².